The summed E-state index contributed by atoms with van der Waals surface area (Å²) in [7, 11) is 0. The van der Waals surface area contributed by atoms with Gasteiger partial charge in [-0.25, -0.2) is 4.79 Å². The van der Waals surface area contributed by atoms with Crippen LogP contribution in [0.25, 0.3) is 0 Å². The first-order valence-electron chi connectivity index (χ1n) is 6.74. The maximum Gasteiger partial charge on any atom is 0.407 e. The molecule has 0 fully saturated rings. The van der Waals surface area contributed by atoms with Crippen molar-refractivity contribution in [1.82, 2.24) is 16.0 Å². The van der Waals surface area contributed by atoms with Crippen molar-refractivity contribution in [1.29, 1.82) is 0 Å². The lowest BCUT2D eigenvalue weighted by molar-refractivity contribution is -0.122. The van der Waals surface area contributed by atoms with E-state index in [9.17, 15) is 9.59 Å². The number of rotatable bonds is 7. The standard InChI is InChI=1S/C13H27N3O3/c1-6-14-11(17)10(2)15-8-7-9-16-12(18)19-13(3,4)5/h10,15H,6-9H2,1-5H3,(H,14,17)(H,16,18). The van der Waals surface area contributed by atoms with E-state index in [-0.39, 0.29) is 11.9 Å². The van der Waals surface area contributed by atoms with Crippen LogP contribution in [0.4, 0.5) is 4.79 Å². The van der Waals surface area contributed by atoms with Crippen molar-refractivity contribution in [3.8, 4) is 0 Å². The molecule has 0 aliphatic heterocycles. The zero-order valence-corrected chi connectivity index (χ0v) is 12.6. The molecule has 1 atom stereocenters. The van der Waals surface area contributed by atoms with Gasteiger partial charge >= 0.3 is 6.09 Å². The minimum absolute atomic E-state index is 0.0115. The predicted molar refractivity (Wildman–Crippen MR) is 75.0 cm³/mol. The number of hydrogen-bond donors (Lipinski definition) is 3. The number of alkyl carbamates (subject to hydrolysis) is 1. The summed E-state index contributed by atoms with van der Waals surface area (Å²) in [5.74, 6) is -0.0115. The first kappa shape index (κ1) is 17.7. The molecule has 0 aromatic heterocycles. The summed E-state index contributed by atoms with van der Waals surface area (Å²) in [4.78, 5) is 22.7. The van der Waals surface area contributed by atoms with Crippen LogP contribution in [0.3, 0.4) is 0 Å². The van der Waals surface area contributed by atoms with Gasteiger partial charge in [0.25, 0.3) is 0 Å². The van der Waals surface area contributed by atoms with E-state index in [1.54, 1.807) is 0 Å². The second-order valence-corrected chi connectivity index (χ2v) is 5.35. The van der Waals surface area contributed by atoms with E-state index >= 15 is 0 Å². The molecule has 112 valence electrons. The smallest absolute Gasteiger partial charge is 0.407 e. The fourth-order valence-electron chi connectivity index (χ4n) is 1.33. The Morgan fingerprint density at radius 2 is 1.79 bits per heavy atom. The fraction of sp³-hybridized carbons (Fsp3) is 0.846. The summed E-state index contributed by atoms with van der Waals surface area (Å²) in [6, 6.07) is -0.221. The molecule has 0 saturated heterocycles. The van der Waals surface area contributed by atoms with Crippen LogP contribution in [0.2, 0.25) is 0 Å². The lowest BCUT2D eigenvalue weighted by Gasteiger charge is -2.19. The molecule has 6 heteroatoms. The zero-order valence-electron chi connectivity index (χ0n) is 12.6. The molecule has 0 aromatic carbocycles. The minimum Gasteiger partial charge on any atom is -0.444 e. The van der Waals surface area contributed by atoms with Gasteiger partial charge in [0.05, 0.1) is 6.04 Å². The number of amides is 2. The number of carbonyl (C=O) groups is 2. The second-order valence-electron chi connectivity index (χ2n) is 5.35. The first-order valence-corrected chi connectivity index (χ1v) is 6.74. The lowest BCUT2D eigenvalue weighted by Crippen LogP contribution is -2.43. The van der Waals surface area contributed by atoms with E-state index in [1.807, 2.05) is 34.6 Å². The van der Waals surface area contributed by atoms with Crippen molar-refractivity contribution in [3.05, 3.63) is 0 Å². The Balaban J connectivity index is 3.60. The van der Waals surface area contributed by atoms with Gasteiger partial charge in [-0.05, 0) is 47.6 Å². The van der Waals surface area contributed by atoms with Crippen LogP contribution < -0.4 is 16.0 Å². The van der Waals surface area contributed by atoms with Gasteiger partial charge in [0.15, 0.2) is 0 Å². The van der Waals surface area contributed by atoms with Crippen LogP contribution in [0.1, 0.15) is 41.0 Å². The number of ether oxygens (including phenoxy) is 1. The average molecular weight is 273 g/mol. The second kappa shape index (κ2) is 8.74. The van der Waals surface area contributed by atoms with E-state index in [0.717, 1.165) is 6.42 Å². The molecule has 2 amide bonds. The summed E-state index contributed by atoms with van der Waals surface area (Å²) in [6.07, 6.45) is 0.326. The minimum atomic E-state index is -0.477. The molecule has 1 unspecified atom stereocenters. The number of carbonyl (C=O) groups excluding carboxylic acids is 2. The van der Waals surface area contributed by atoms with Crippen LogP contribution >= 0.6 is 0 Å². The predicted octanol–water partition coefficient (Wildman–Crippen LogP) is 1.02. The SMILES string of the molecule is CCNC(=O)C(C)NCCCNC(=O)OC(C)(C)C. The van der Waals surface area contributed by atoms with E-state index in [1.165, 1.54) is 0 Å². The largest absolute Gasteiger partial charge is 0.444 e. The fourth-order valence-corrected chi connectivity index (χ4v) is 1.33. The maximum absolute atomic E-state index is 11.4. The quantitative estimate of drug-likeness (QED) is 0.605. The highest BCUT2D eigenvalue weighted by Gasteiger charge is 2.15. The van der Waals surface area contributed by atoms with Crippen molar-refractivity contribution in [2.75, 3.05) is 19.6 Å². The maximum atomic E-state index is 11.4. The lowest BCUT2D eigenvalue weighted by atomic mass is 10.2. The Morgan fingerprint density at radius 3 is 2.32 bits per heavy atom. The van der Waals surface area contributed by atoms with Gasteiger partial charge in [0.1, 0.15) is 5.60 Å². The van der Waals surface area contributed by atoms with Gasteiger partial charge in [0, 0.05) is 13.1 Å². The number of hydrogen-bond acceptors (Lipinski definition) is 4. The molecule has 0 rings (SSSR count). The molecular weight excluding hydrogens is 246 g/mol. The molecule has 0 aliphatic carbocycles. The van der Waals surface area contributed by atoms with Gasteiger partial charge < -0.3 is 20.7 Å². The van der Waals surface area contributed by atoms with Crippen LogP contribution in [0, 0.1) is 0 Å². The molecule has 0 spiro atoms. The Hall–Kier alpha value is -1.30. The topological polar surface area (TPSA) is 79.5 Å². The molecule has 0 heterocycles. The molecule has 0 aliphatic rings. The molecule has 3 N–H and O–H groups in total. The van der Waals surface area contributed by atoms with E-state index in [2.05, 4.69) is 16.0 Å². The van der Waals surface area contributed by atoms with Crippen molar-refractivity contribution in [3.63, 3.8) is 0 Å². The van der Waals surface area contributed by atoms with Crippen LogP contribution in [0.5, 0.6) is 0 Å². The van der Waals surface area contributed by atoms with Crippen molar-refractivity contribution < 1.29 is 14.3 Å². The van der Waals surface area contributed by atoms with Crippen molar-refractivity contribution in [2.45, 2.75) is 52.7 Å². The summed E-state index contributed by atoms with van der Waals surface area (Å²) in [5.41, 5.74) is -0.477. The third-order valence-electron chi connectivity index (χ3n) is 2.22. The van der Waals surface area contributed by atoms with Crippen molar-refractivity contribution in [2.24, 2.45) is 0 Å². The Morgan fingerprint density at radius 1 is 1.16 bits per heavy atom. The van der Waals surface area contributed by atoms with E-state index in [4.69, 9.17) is 4.74 Å². The molecule has 0 aromatic rings. The highest BCUT2D eigenvalue weighted by atomic mass is 16.6. The van der Waals surface area contributed by atoms with Crippen molar-refractivity contribution >= 4 is 12.0 Å². The molecule has 0 saturated carbocycles. The number of likely N-dealkylation sites (N-methyl/N-ethyl adjacent to an activating group) is 1. The summed E-state index contributed by atoms with van der Waals surface area (Å²) in [5, 5.41) is 8.49. The van der Waals surface area contributed by atoms with Crippen LogP contribution in [-0.4, -0.2) is 43.3 Å². The molecule has 0 radical (unpaired) electrons. The summed E-state index contributed by atoms with van der Waals surface area (Å²) in [6.45, 7) is 11.0. The van der Waals surface area contributed by atoms with E-state index < -0.39 is 11.7 Å². The third kappa shape index (κ3) is 10.3. The van der Waals surface area contributed by atoms with Gasteiger partial charge in [-0.1, -0.05) is 0 Å². The molecule has 6 nitrogen and oxygen atoms in total. The highest BCUT2D eigenvalue weighted by molar-refractivity contribution is 5.81. The van der Waals surface area contributed by atoms with Gasteiger partial charge in [0.2, 0.25) is 5.91 Å². The molecular formula is C13H27N3O3. The van der Waals surface area contributed by atoms with E-state index in [0.29, 0.717) is 19.6 Å². The first-order chi connectivity index (χ1) is 8.76. The Bertz CT molecular complexity index is 287. The Kier molecular flexibility index (Phi) is 8.14. The zero-order chi connectivity index (χ0) is 14.9. The summed E-state index contributed by atoms with van der Waals surface area (Å²) < 4.78 is 5.10. The van der Waals surface area contributed by atoms with Crippen LogP contribution in [0.15, 0.2) is 0 Å². The molecule has 19 heavy (non-hydrogen) atoms. The number of nitrogens with one attached hydrogen (secondary N) is 3. The summed E-state index contributed by atoms with van der Waals surface area (Å²) >= 11 is 0. The van der Waals surface area contributed by atoms with Gasteiger partial charge in [-0.3, -0.25) is 4.79 Å². The monoisotopic (exact) mass is 273 g/mol. The molecule has 0 bridgehead atoms. The third-order valence-corrected chi connectivity index (χ3v) is 2.22. The average Bonchev–Trinajstić information content (AvgIpc) is 2.26. The highest BCUT2D eigenvalue weighted by Crippen LogP contribution is 2.06. The Labute approximate surface area is 115 Å². The van der Waals surface area contributed by atoms with Gasteiger partial charge in [-0.15, -0.1) is 0 Å². The van der Waals surface area contributed by atoms with Crippen LogP contribution in [-0.2, 0) is 9.53 Å². The van der Waals surface area contributed by atoms with Gasteiger partial charge in [-0.2, -0.15) is 0 Å². The normalized spacial score (nSPS) is 12.7.